The Morgan fingerprint density at radius 2 is 1.53 bits per heavy atom. The fraction of sp³-hybridized carbons (Fsp3) is 0.833. The molecular formula is C12H24NNaO3. The number of esters is 2. The van der Waals surface area contributed by atoms with Crippen LogP contribution in [0.2, 0.25) is 0 Å². The Morgan fingerprint density at radius 3 is 2.06 bits per heavy atom. The van der Waals surface area contributed by atoms with Crippen LogP contribution in [0.3, 0.4) is 0 Å². The summed E-state index contributed by atoms with van der Waals surface area (Å²) >= 11 is 0. The third-order valence-corrected chi connectivity index (χ3v) is 2.38. The topological polar surface area (TPSA) is 69.4 Å². The molecule has 0 saturated carbocycles. The first-order valence-electron chi connectivity index (χ1n) is 6.14. The molecule has 0 heterocycles. The Labute approximate surface area is 127 Å². The molecule has 0 aliphatic carbocycles. The van der Waals surface area contributed by atoms with Crippen LogP contribution in [0.25, 0.3) is 0 Å². The zero-order valence-electron chi connectivity index (χ0n) is 12.2. The van der Waals surface area contributed by atoms with Crippen molar-refractivity contribution in [2.45, 2.75) is 58.3 Å². The predicted molar refractivity (Wildman–Crippen MR) is 63.9 cm³/mol. The number of hydrogen-bond acceptors (Lipinski definition) is 4. The van der Waals surface area contributed by atoms with E-state index in [0.717, 1.165) is 19.3 Å². The molecule has 0 aromatic carbocycles. The second-order valence-corrected chi connectivity index (χ2v) is 3.92. The van der Waals surface area contributed by atoms with Crippen LogP contribution in [0, 0.1) is 0 Å². The molecule has 0 rings (SSSR count). The second kappa shape index (κ2) is 14.2. The van der Waals surface area contributed by atoms with E-state index in [4.69, 9.17) is 5.73 Å². The van der Waals surface area contributed by atoms with Gasteiger partial charge in [0, 0.05) is 6.42 Å². The van der Waals surface area contributed by atoms with Crippen LogP contribution in [0.5, 0.6) is 0 Å². The zero-order chi connectivity index (χ0) is 12.2. The van der Waals surface area contributed by atoms with E-state index in [9.17, 15) is 9.59 Å². The molecule has 0 aliphatic heterocycles. The molecule has 96 valence electrons. The van der Waals surface area contributed by atoms with Crippen molar-refractivity contribution >= 4 is 11.9 Å². The Hall–Kier alpha value is 0.1000. The number of rotatable bonds is 9. The Bertz CT molecular complexity index is 215. The summed E-state index contributed by atoms with van der Waals surface area (Å²) in [5.74, 6) is -1.10. The van der Waals surface area contributed by atoms with Gasteiger partial charge in [-0.3, -0.25) is 9.59 Å². The molecule has 0 aliphatic rings. The van der Waals surface area contributed by atoms with Gasteiger partial charge in [-0.15, -0.1) is 0 Å². The SMILES string of the molecule is CCCCCCCCCC(=O)OC(=O)CN.[H-].[Na+]. The van der Waals surface area contributed by atoms with E-state index in [0.29, 0.717) is 6.42 Å². The number of carbonyl (C=O) groups is 2. The molecule has 0 atom stereocenters. The first kappa shape index (κ1) is 19.4. The Balaban J connectivity index is -0.00000112. The van der Waals surface area contributed by atoms with Gasteiger partial charge in [-0.05, 0) is 6.42 Å². The quantitative estimate of drug-likeness (QED) is 0.255. The molecule has 0 amide bonds. The van der Waals surface area contributed by atoms with Crippen LogP contribution >= 0.6 is 0 Å². The number of hydrogen-bond donors (Lipinski definition) is 1. The number of unbranched alkanes of at least 4 members (excludes halogenated alkanes) is 6. The fourth-order valence-electron chi connectivity index (χ4n) is 1.45. The van der Waals surface area contributed by atoms with Gasteiger partial charge in [0.25, 0.3) is 0 Å². The molecule has 5 heteroatoms. The maximum atomic E-state index is 11.0. The van der Waals surface area contributed by atoms with Crippen LogP contribution in [-0.4, -0.2) is 18.5 Å². The van der Waals surface area contributed by atoms with E-state index in [1.54, 1.807) is 0 Å². The number of carbonyl (C=O) groups excluding carboxylic acids is 2. The van der Waals surface area contributed by atoms with Crippen LogP contribution < -0.4 is 35.3 Å². The minimum atomic E-state index is -0.645. The van der Waals surface area contributed by atoms with Crippen LogP contribution in [0.1, 0.15) is 59.7 Å². The molecule has 0 unspecified atom stereocenters. The van der Waals surface area contributed by atoms with Crippen LogP contribution in [-0.2, 0) is 14.3 Å². The minimum Gasteiger partial charge on any atom is -1.00 e. The van der Waals surface area contributed by atoms with E-state index < -0.39 is 11.9 Å². The summed E-state index contributed by atoms with van der Waals surface area (Å²) < 4.78 is 4.44. The maximum absolute atomic E-state index is 11.0. The Kier molecular flexibility index (Phi) is 16.2. The van der Waals surface area contributed by atoms with Crippen molar-refractivity contribution in [3.8, 4) is 0 Å². The van der Waals surface area contributed by atoms with Gasteiger partial charge in [-0.1, -0.05) is 45.4 Å². The van der Waals surface area contributed by atoms with Gasteiger partial charge >= 0.3 is 41.5 Å². The van der Waals surface area contributed by atoms with E-state index in [-0.39, 0.29) is 37.5 Å². The molecule has 0 saturated heterocycles. The van der Waals surface area contributed by atoms with Crippen molar-refractivity contribution in [1.29, 1.82) is 0 Å². The van der Waals surface area contributed by atoms with E-state index in [2.05, 4.69) is 11.7 Å². The fourth-order valence-corrected chi connectivity index (χ4v) is 1.45. The summed E-state index contributed by atoms with van der Waals surface area (Å²) in [6.45, 7) is 1.95. The largest absolute Gasteiger partial charge is 1.00 e. The van der Waals surface area contributed by atoms with E-state index in [1.807, 2.05) is 0 Å². The molecular weight excluding hydrogens is 229 g/mol. The normalized spacial score (nSPS) is 9.53. The summed E-state index contributed by atoms with van der Waals surface area (Å²) in [6.07, 6.45) is 8.31. The van der Waals surface area contributed by atoms with E-state index >= 15 is 0 Å². The van der Waals surface area contributed by atoms with Crippen molar-refractivity contribution in [2.75, 3.05) is 6.54 Å². The Morgan fingerprint density at radius 1 is 1.00 bits per heavy atom. The first-order chi connectivity index (χ1) is 7.70. The van der Waals surface area contributed by atoms with Crippen LogP contribution in [0.4, 0.5) is 0 Å². The second-order valence-electron chi connectivity index (χ2n) is 3.92. The molecule has 0 spiro atoms. The van der Waals surface area contributed by atoms with Gasteiger partial charge in [0.2, 0.25) is 0 Å². The van der Waals surface area contributed by atoms with Crippen molar-refractivity contribution < 1.29 is 45.3 Å². The summed E-state index contributed by atoms with van der Waals surface area (Å²) in [4.78, 5) is 21.7. The standard InChI is InChI=1S/C12H23NO3.Na.H/c1-2-3-4-5-6-7-8-9-11(14)16-12(15)10-13;;/h2-10,13H2,1H3;;/q;+1;-1. The third kappa shape index (κ3) is 14.0. The summed E-state index contributed by atoms with van der Waals surface area (Å²) in [5, 5.41) is 0. The summed E-state index contributed by atoms with van der Waals surface area (Å²) in [6, 6.07) is 0. The van der Waals surface area contributed by atoms with Crippen molar-refractivity contribution in [2.24, 2.45) is 5.73 Å². The summed E-state index contributed by atoms with van der Waals surface area (Å²) in [5.41, 5.74) is 5.02. The van der Waals surface area contributed by atoms with Gasteiger partial charge in [-0.2, -0.15) is 0 Å². The average Bonchev–Trinajstić information content (AvgIpc) is 2.27. The van der Waals surface area contributed by atoms with Gasteiger partial charge in [-0.25, -0.2) is 0 Å². The van der Waals surface area contributed by atoms with Gasteiger partial charge in [0.05, 0.1) is 6.54 Å². The van der Waals surface area contributed by atoms with Crippen molar-refractivity contribution in [1.82, 2.24) is 0 Å². The van der Waals surface area contributed by atoms with Crippen LogP contribution in [0.15, 0.2) is 0 Å². The molecule has 0 aromatic heterocycles. The molecule has 0 aromatic rings. The smallest absolute Gasteiger partial charge is 1.00 e. The van der Waals surface area contributed by atoms with Crippen molar-refractivity contribution in [3.05, 3.63) is 0 Å². The molecule has 17 heavy (non-hydrogen) atoms. The predicted octanol–water partition coefficient (Wildman–Crippen LogP) is -0.728. The average molecular weight is 253 g/mol. The molecule has 4 nitrogen and oxygen atoms in total. The maximum Gasteiger partial charge on any atom is 1.00 e. The monoisotopic (exact) mass is 253 g/mol. The molecule has 0 radical (unpaired) electrons. The van der Waals surface area contributed by atoms with Gasteiger partial charge in [0.1, 0.15) is 0 Å². The zero-order valence-corrected chi connectivity index (χ0v) is 13.2. The van der Waals surface area contributed by atoms with E-state index in [1.165, 1.54) is 25.7 Å². The van der Waals surface area contributed by atoms with Gasteiger partial charge in [0.15, 0.2) is 0 Å². The molecule has 2 N–H and O–H groups in total. The summed E-state index contributed by atoms with van der Waals surface area (Å²) in [7, 11) is 0. The number of ether oxygens (including phenoxy) is 1. The van der Waals surface area contributed by atoms with Gasteiger partial charge < -0.3 is 11.9 Å². The molecule has 0 fully saturated rings. The molecule has 0 bridgehead atoms. The van der Waals surface area contributed by atoms with Crippen molar-refractivity contribution in [3.63, 3.8) is 0 Å². The first-order valence-corrected chi connectivity index (χ1v) is 6.14. The minimum absolute atomic E-state index is 0. The number of nitrogens with two attached hydrogens (primary N) is 1. The third-order valence-electron chi connectivity index (χ3n) is 2.38.